The van der Waals surface area contributed by atoms with Gasteiger partial charge in [-0.3, -0.25) is 0 Å². The highest BCUT2D eigenvalue weighted by molar-refractivity contribution is 7.30. The van der Waals surface area contributed by atoms with E-state index in [1.807, 2.05) is 0 Å². The van der Waals surface area contributed by atoms with Gasteiger partial charge in [0.1, 0.15) is 24.9 Å². The molecule has 9 nitrogen and oxygen atoms in total. The van der Waals surface area contributed by atoms with E-state index in [9.17, 15) is 14.3 Å². The van der Waals surface area contributed by atoms with Crippen LogP contribution in [-0.2, 0) is 13.9 Å². The van der Waals surface area contributed by atoms with Gasteiger partial charge >= 0.3 is 14.2 Å². The minimum absolute atomic E-state index is 0.858. The monoisotopic (exact) mass is 258 g/mol. The molecular weight excluding hydrogens is 247 g/mol. The summed E-state index contributed by atoms with van der Waals surface area (Å²) >= 11 is 0. The molecule has 0 saturated carbocycles. The summed E-state index contributed by atoms with van der Waals surface area (Å²) in [6.07, 6.45) is -8.37. The summed E-state index contributed by atoms with van der Waals surface area (Å²) in [5, 5.41) is 44.3. The molecule has 94 valence electrons. The van der Waals surface area contributed by atoms with Crippen molar-refractivity contribution in [3.63, 3.8) is 0 Å². The summed E-state index contributed by atoms with van der Waals surface area (Å²) in [5.41, 5.74) is 0. The van der Waals surface area contributed by atoms with Crippen molar-refractivity contribution >= 4 is 14.2 Å². The van der Waals surface area contributed by atoms with Crippen LogP contribution in [-0.4, -0.2) is 62.5 Å². The zero-order valence-corrected chi connectivity index (χ0v) is 8.73. The second-order valence-corrected chi connectivity index (χ2v) is 3.56. The van der Waals surface area contributed by atoms with Gasteiger partial charge < -0.3 is 30.4 Å². The first-order valence-corrected chi connectivity index (χ1v) is 5.09. The van der Waals surface area contributed by atoms with Gasteiger partial charge in [0.25, 0.3) is 0 Å². The molecule has 0 aromatic carbocycles. The van der Waals surface area contributed by atoms with Gasteiger partial charge in [0, 0.05) is 0 Å². The Kier molecular flexibility index (Phi) is 6.53. The largest absolute Gasteiger partial charge is 0.566 e. The van der Waals surface area contributed by atoms with Crippen molar-refractivity contribution in [3.05, 3.63) is 0 Å². The van der Waals surface area contributed by atoms with Gasteiger partial charge in [-0.25, -0.2) is 4.79 Å². The molecule has 0 saturated heterocycles. The molecule has 16 heavy (non-hydrogen) atoms. The lowest BCUT2D eigenvalue weighted by Gasteiger charge is -2.23. The van der Waals surface area contributed by atoms with Crippen molar-refractivity contribution in [2.75, 3.05) is 6.61 Å². The van der Waals surface area contributed by atoms with E-state index >= 15 is 0 Å². The maximum absolute atomic E-state index is 10.2. The van der Waals surface area contributed by atoms with Crippen molar-refractivity contribution in [2.45, 2.75) is 24.4 Å². The molecule has 0 radical (unpaired) electrons. The molecule has 0 aliphatic heterocycles. The third-order valence-electron chi connectivity index (χ3n) is 1.67. The summed E-state index contributed by atoms with van der Waals surface area (Å²) in [5.74, 6) is -1.80. The standard InChI is InChI=1S/C6H11O9P/c7-2(1-15-16(13)14)3(8)4(9)5(10)6(11)12/h2-5,7-10H,1H2,(H,11,12)/t2-,3-,4+,5-/m1/s1. The molecule has 0 aliphatic rings. The zero-order chi connectivity index (χ0) is 12.9. The van der Waals surface area contributed by atoms with E-state index in [0.29, 0.717) is 0 Å². The van der Waals surface area contributed by atoms with Crippen LogP contribution in [0.5, 0.6) is 0 Å². The fraction of sp³-hybridized carbons (Fsp3) is 0.833. The molecule has 0 fully saturated rings. The average molecular weight is 258 g/mol. The second-order valence-electron chi connectivity index (χ2n) is 2.85. The highest BCUT2D eigenvalue weighted by atomic mass is 31.1. The fourth-order valence-electron chi connectivity index (χ4n) is 0.796. The van der Waals surface area contributed by atoms with Crippen LogP contribution in [0.15, 0.2) is 0 Å². The molecule has 0 bridgehead atoms. The Morgan fingerprint density at radius 2 is 1.75 bits per heavy atom. The molecule has 0 heterocycles. The van der Waals surface area contributed by atoms with Crippen LogP contribution in [0.25, 0.3) is 0 Å². The lowest BCUT2D eigenvalue weighted by molar-refractivity contribution is -0.191. The average Bonchev–Trinajstić information content (AvgIpc) is 2.22. The zero-order valence-electron chi connectivity index (χ0n) is 7.83. The van der Waals surface area contributed by atoms with Crippen molar-refractivity contribution in [3.8, 4) is 0 Å². The van der Waals surface area contributed by atoms with Crippen LogP contribution < -0.4 is 4.89 Å². The summed E-state index contributed by atoms with van der Waals surface area (Å²) in [4.78, 5) is 20.2. The summed E-state index contributed by atoms with van der Waals surface area (Å²) in [6.45, 7) is -0.858. The first-order chi connectivity index (χ1) is 7.27. The topological polar surface area (TPSA) is 168 Å². The van der Waals surface area contributed by atoms with Gasteiger partial charge in [-0.05, 0) is 4.57 Å². The summed E-state index contributed by atoms with van der Waals surface area (Å²) < 4.78 is 13.9. The molecule has 0 aromatic heterocycles. The molecular formula is C6H11O9P. The maximum atomic E-state index is 10.2. The third kappa shape index (κ3) is 4.90. The first-order valence-electron chi connectivity index (χ1n) is 3.99. The fourth-order valence-corrected chi connectivity index (χ4v) is 1.07. The lowest BCUT2D eigenvalue weighted by atomic mass is 10.0. The van der Waals surface area contributed by atoms with E-state index in [-0.39, 0.29) is 0 Å². The summed E-state index contributed by atoms with van der Waals surface area (Å²) in [7, 11) is -3.24. The molecule has 0 spiro atoms. The van der Waals surface area contributed by atoms with E-state index in [1.54, 1.807) is 0 Å². The van der Waals surface area contributed by atoms with Crippen molar-refractivity contribution < 1.29 is 44.3 Å². The number of aliphatic carboxylic acids is 1. The Balaban J connectivity index is 4.25. The molecule has 5 atom stereocenters. The van der Waals surface area contributed by atoms with Gasteiger partial charge in [0.2, 0.25) is 0 Å². The van der Waals surface area contributed by atoms with Crippen molar-refractivity contribution in [1.82, 2.24) is 0 Å². The van der Waals surface area contributed by atoms with Gasteiger partial charge in [-0.1, -0.05) is 0 Å². The quantitative estimate of drug-likeness (QED) is 0.291. The Morgan fingerprint density at radius 3 is 2.12 bits per heavy atom. The van der Waals surface area contributed by atoms with Crippen LogP contribution >= 0.6 is 8.25 Å². The number of hydrogen-bond donors (Lipinski definition) is 5. The number of rotatable bonds is 7. The SMILES string of the molecule is O=C(O)[C@H](O)[C@@H](O)[C@H](O)[C@H](O)CO[P+](=O)[O-]. The molecule has 10 heteroatoms. The molecule has 5 N–H and O–H groups in total. The van der Waals surface area contributed by atoms with E-state index in [4.69, 9.17) is 25.5 Å². The molecule has 0 amide bonds. The van der Waals surface area contributed by atoms with Gasteiger partial charge in [0.05, 0.1) is 0 Å². The Hall–Kier alpha value is -0.670. The summed E-state index contributed by atoms with van der Waals surface area (Å²) in [6, 6.07) is 0. The number of aliphatic hydroxyl groups excluding tert-OH is 4. The van der Waals surface area contributed by atoms with Crippen LogP contribution in [0.1, 0.15) is 0 Å². The molecule has 0 rings (SSSR count). The highest BCUT2D eigenvalue weighted by Gasteiger charge is 2.35. The predicted molar refractivity (Wildman–Crippen MR) is 45.2 cm³/mol. The number of aliphatic hydroxyl groups is 4. The minimum atomic E-state index is -3.24. The number of hydrogen-bond acceptors (Lipinski definition) is 8. The minimum Gasteiger partial charge on any atom is -0.566 e. The molecule has 0 aliphatic carbocycles. The lowest BCUT2D eigenvalue weighted by Crippen LogP contribution is -2.48. The predicted octanol–water partition coefficient (Wildman–Crippen LogP) is -3.45. The normalized spacial score (nSPS) is 19.7. The number of carboxylic acids is 1. The first kappa shape index (κ1) is 15.3. The van der Waals surface area contributed by atoms with Gasteiger partial charge in [-0.2, -0.15) is 0 Å². The van der Waals surface area contributed by atoms with Crippen LogP contribution in [0.3, 0.4) is 0 Å². The molecule has 0 aromatic rings. The van der Waals surface area contributed by atoms with Gasteiger partial charge in [-0.15, -0.1) is 4.52 Å². The third-order valence-corrected chi connectivity index (χ3v) is 2.03. The maximum Gasteiger partial charge on any atom is 0.488 e. The van der Waals surface area contributed by atoms with Gasteiger partial charge in [0.15, 0.2) is 6.10 Å². The van der Waals surface area contributed by atoms with E-state index in [0.717, 1.165) is 0 Å². The van der Waals surface area contributed by atoms with Crippen molar-refractivity contribution in [1.29, 1.82) is 0 Å². The second kappa shape index (κ2) is 6.81. The Morgan fingerprint density at radius 1 is 1.25 bits per heavy atom. The van der Waals surface area contributed by atoms with E-state index in [1.165, 1.54) is 0 Å². The van der Waals surface area contributed by atoms with E-state index < -0.39 is 45.2 Å². The highest BCUT2D eigenvalue weighted by Crippen LogP contribution is 2.12. The van der Waals surface area contributed by atoms with Crippen molar-refractivity contribution in [2.24, 2.45) is 0 Å². The van der Waals surface area contributed by atoms with Crippen LogP contribution in [0.4, 0.5) is 0 Å². The Labute approximate surface area is 90.5 Å². The Bertz CT molecular complexity index is 256. The number of carbonyl (C=O) groups is 1. The van der Waals surface area contributed by atoms with Crippen LogP contribution in [0, 0.1) is 0 Å². The molecule has 1 unspecified atom stereocenters. The van der Waals surface area contributed by atoms with E-state index in [2.05, 4.69) is 4.52 Å². The number of carboxylic acid groups (broad SMARTS) is 1. The smallest absolute Gasteiger partial charge is 0.488 e. The van der Waals surface area contributed by atoms with Crippen LogP contribution in [0.2, 0.25) is 0 Å².